The zero-order valence-electron chi connectivity index (χ0n) is 17.5. The molecule has 31 heavy (non-hydrogen) atoms. The minimum absolute atomic E-state index is 0.0330. The minimum Gasteiger partial charge on any atom is -0.206 e. The molecule has 0 aliphatic rings. The van der Waals surface area contributed by atoms with Gasteiger partial charge in [-0.15, -0.1) is 0 Å². The molecule has 0 aliphatic heterocycles. The molecule has 0 N–H and O–H groups in total. The van der Waals surface area contributed by atoms with E-state index >= 15 is 4.39 Å². The first kappa shape index (κ1) is 21.4. The third-order valence-corrected chi connectivity index (χ3v) is 5.88. The maximum atomic E-state index is 15.3. The summed E-state index contributed by atoms with van der Waals surface area (Å²) in [6.45, 7) is 2.20. The van der Waals surface area contributed by atoms with Crippen molar-refractivity contribution in [2.75, 3.05) is 0 Å². The Hall–Kier alpha value is -2.88. The van der Waals surface area contributed by atoms with Gasteiger partial charge in [0.15, 0.2) is 17.5 Å². The van der Waals surface area contributed by atoms with Crippen molar-refractivity contribution in [3.63, 3.8) is 0 Å². The zero-order valence-corrected chi connectivity index (χ0v) is 17.5. The first-order valence-electron chi connectivity index (χ1n) is 10.8. The molecule has 4 aromatic rings. The summed E-state index contributed by atoms with van der Waals surface area (Å²) in [6.07, 6.45) is 7.16. The van der Waals surface area contributed by atoms with Crippen molar-refractivity contribution in [2.45, 2.75) is 45.4 Å². The van der Waals surface area contributed by atoms with Crippen molar-refractivity contribution in [1.82, 2.24) is 0 Å². The molecule has 0 amide bonds. The van der Waals surface area contributed by atoms with Gasteiger partial charge in [0, 0.05) is 10.9 Å². The summed E-state index contributed by atoms with van der Waals surface area (Å²) < 4.78 is 55.8. The third kappa shape index (κ3) is 4.30. The molecule has 0 saturated heterocycles. The standard InChI is InChI=1S/C27H24F4/c1-2-3-4-5-6-7-17-8-10-20-18(14-17)9-11-23-22(20)13-12-21(26(23)30)19-15-24(28)27(31)25(29)16-19/h8-16H,2-7H2,1H3. The molecular weight excluding hydrogens is 400 g/mol. The molecule has 0 aromatic heterocycles. The van der Waals surface area contributed by atoms with E-state index in [4.69, 9.17) is 0 Å². The zero-order chi connectivity index (χ0) is 22.0. The van der Waals surface area contributed by atoms with E-state index in [0.29, 0.717) is 5.39 Å². The Labute approximate surface area is 179 Å². The number of rotatable bonds is 7. The van der Waals surface area contributed by atoms with Gasteiger partial charge in [-0.2, -0.15) is 0 Å². The van der Waals surface area contributed by atoms with E-state index in [1.54, 1.807) is 12.1 Å². The quantitative estimate of drug-likeness (QED) is 0.120. The van der Waals surface area contributed by atoms with Gasteiger partial charge in [-0.3, -0.25) is 0 Å². The van der Waals surface area contributed by atoms with Crippen LogP contribution in [0.15, 0.2) is 54.6 Å². The SMILES string of the molecule is CCCCCCCc1ccc2c(ccc3c(F)c(-c4cc(F)c(F)c(F)c4)ccc32)c1. The second-order valence-electron chi connectivity index (χ2n) is 8.06. The second-order valence-corrected chi connectivity index (χ2v) is 8.06. The lowest BCUT2D eigenvalue weighted by Crippen LogP contribution is -1.94. The summed E-state index contributed by atoms with van der Waals surface area (Å²) in [5.74, 6) is -4.81. The fourth-order valence-electron chi connectivity index (χ4n) is 4.18. The predicted molar refractivity (Wildman–Crippen MR) is 119 cm³/mol. The van der Waals surface area contributed by atoms with Crippen LogP contribution in [0, 0.1) is 23.3 Å². The van der Waals surface area contributed by atoms with Crippen LogP contribution >= 0.6 is 0 Å². The van der Waals surface area contributed by atoms with E-state index < -0.39 is 23.3 Å². The topological polar surface area (TPSA) is 0 Å². The van der Waals surface area contributed by atoms with Gasteiger partial charge in [0.2, 0.25) is 0 Å². The molecular formula is C27H24F4. The summed E-state index contributed by atoms with van der Waals surface area (Å²) in [5.41, 5.74) is 1.26. The number of hydrogen-bond donors (Lipinski definition) is 0. The van der Waals surface area contributed by atoms with E-state index in [-0.39, 0.29) is 11.1 Å². The molecule has 0 saturated carbocycles. The van der Waals surface area contributed by atoms with Crippen molar-refractivity contribution in [3.8, 4) is 11.1 Å². The highest BCUT2D eigenvalue weighted by atomic mass is 19.2. The van der Waals surface area contributed by atoms with Crippen LogP contribution in [-0.4, -0.2) is 0 Å². The fourth-order valence-corrected chi connectivity index (χ4v) is 4.18. The summed E-state index contributed by atoms with van der Waals surface area (Å²) in [5, 5.41) is 3.05. The Kier molecular flexibility index (Phi) is 6.26. The van der Waals surface area contributed by atoms with Crippen LogP contribution in [0.2, 0.25) is 0 Å². The lowest BCUT2D eigenvalue weighted by molar-refractivity contribution is 0.447. The van der Waals surface area contributed by atoms with Gasteiger partial charge in [0.05, 0.1) is 0 Å². The van der Waals surface area contributed by atoms with Gasteiger partial charge in [0.1, 0.15) is 5.82 Å². The number of aryl methyl sites for hydroxylation is 1. The van der Waals surface area contributed by atoms with Crippen molar-refractivity contribution in [1.29, 1.82) is 0 Å². The average Bonchev–Trinajstić information content (AvgIpc) is 2.77. The number of halogens is 4. The number of hydrogen-bond acceptors (Lipinski definition) is 0. The normalized spacial score (nSPS) is 11.5. The maximum absolute atomic E-state index is 15.3. The first-order valence-corrected chi connectivity index (χ1v) is 10.8. The fraction of sp³-hybridized carbons (Fsp3) is 0.259. The summed E-state index contributed by atoms with van der Waals surface area (Å²) in [6, 6.07) is 14.7. The monoisotopic (exact) mass is 424 g/mol. The van der Waals surface area contributed by atoms with Crippen molar-refractivity contribution in [2.24, 2.45) is 0 Å². The van der Waals surface area contributed by atoms with Gasteiger partial charge < -0.3 is 0 Å². The van der Waals surface area contributed by atoms with Crippen LogP contribution in [-0.2, 0) is 6.42 Å². The molecule has 4 aromatic carbocycles. The van der Waals surface area contributed by atoms with E-state index in [1.807, 2.05) is 12.1 Å². The molecule has 4 heteroatoms. The Balaban J connectivity index is 1.68. The second kappa shape index (κ2) is 9.09. The lowest BCUT2D eigenvalue weighted by Gasteiger charge is -2.11. The molecule has 0 radical (unpaired) electrons. The predicted octanol–water partition coefficient (Wildman–Crippen LogP) is 8.73. The van der Waals surface area contributed by atoms with E-state index in [9.17, 15) is 13.2 Å². The van der Waals surface area contributed by atoms with Crippen molar-refractivity contribution in [3.05, 3.63) is 83.4 Å². The van der Waals surface area contributed by atoms with Crippen molar-refractivity contribution >= 4 is 21.5 Å². The Morgan fingerprint density at radius 2 is 1.29 bits per heavy atom. The maximum Gasteiger partial charge on any atom is 0.194 e. The van der Waals surface area contributed by atoms with Gasteiger partial charge >= 0.3 is 0 Å². The molecule has 0 aliphatic carbocycles. The number of fused-ring (bicyclic) bond motifs is 3. The van der Waals surface area contributed by atoms with Crippen LogP contribution in [0.3, 0.4) is 0 Å². The summed E-state index contributed by atoms with van der Waals surface area (Å²) in [4.78, 5) is 0. The van der Waals surface area contributed by atoms with Crippen LogP contribution in [0.5, 0.6) is 0 Å². The highest BCUT2D eigenvalue weighted by Gasteiger charge is 2.16. The summed E-state index contributed by atoms with van der Waals surface area (Å²) in [7, 11) is 0. The van der Waals surface area contributed by atoms with Gasteiger partial charge in [-0.05, 0) is 52.3 Å². The molecule has 0 nitrogen and oxygen atoms in total. The third-order valence-electron chi connectivity index (χ3n) is 5.88. The Morgan fingerprint density at radius 3 is 2.03 bits per heavy atom. The highest BCUT2D eigenvalue weighted by molar-refractivity contribution is 6.08. The Morgan fingerprint density at radius 1 is 0.613 bits per heavy atom. The van der Waals surface area contributed by atoms with Crippen LogP contribution < -0.4 is 0 Å². The Bertz CT molecular complexity index is 1220. The molecule has 0 spiro atoms. The highest BCUT2D eigenvalue weighted by Crippen LogP contribution is 2.34. The van der Waals surface area contributed by atoms with Gasteiger partial charge in [-0.25, -0.2) is 17.6 Å². The molecule has 0 atom stereocenters. The largest absolute Gasteiger partial charge is 0.206 e. The number of unbranched alkanes of at least 4 members (excludes halogenated alkanes) is 4. The van der Waals surface area contributed by atoms with E-state index in [2.05, 4.69) is 19.1 Å². The molecule has 0 fully saturated rings. The lowest BCUT2D eigenvalue weighted by atomic mass is 9.95. The first-order chi connectivity index (χ1) is 15.0. The smallest absolute Gasteiger partial charge is 0.194 e. The molecule has 0 bridgehead atoms. The number of benzene rings is 4. The van der Waals surface area contributed by atoms with Gasteiger partial charge in [-0.1, -0.05) is 75.1 Å². The molecule has 4 rings (SSSR count). The van der Waals surface area contributed by atoms with Gasteiger partial charge in [0.25, 0.3) is 0 Å². The summed E-state index contributed by atoms with van der Waals surface area (Å²) >= 11 is 0. The van der Waals surface area contributed by atoms with E-state index in [1.165, 1.54) is 37.3 Å². The minimum atomic E-state index is -1.56. The molecule has 0 heterocycles. The van der Waals surface area contributed by atoms with Crippen LogP contribution in [0.4, 0.5) is 17.6 Å². The van der Waals surface area contributed by atoms with E-state index in [0.717, 1.165) is 41.1 Å². The molecule has 160 valence electrons. The van der Waals surface area contributed by atoms with Crippen LogP contribution in [0.1, 0.15) is 44.6 Å². The van der Waals surface area contributed by atoms with Crippen LogP contribution in [0.25, 0.3) is 32.7 Å². The average molecular weight is 424 g/mol. The molecule has 0 unspecified atom stereocenters. The van der Waals surface area contributed by atoms with Crippen molar-refractivity contribution < 1.29 is 17.6 Å².